The number of nitrogens with one attached hydrogen (secondary N) is 6. The summed E-state index contributed by atoms with van der Waals surface area (Å²) >= 11 is 0. The molecule has 0 radical (unpaired) electrons. The molecule has 0 aromatic heterocycles. The van der Waals surface area contributed by atoms with Crippen molar-refractivity contribution in [2.75, 3.05) is 33.0 Å². The summed E-state index contributed by atoms with van der Waals surface area (Å²) in [6.07, 6.45) is -19.7. The molecule has 0 aliphatic carbocycles. The molecular formula is C35H57N7O24. The standard InChI is InChI=1S/C35H57N7O24/c1-11(46)22(33(61)62)42-31(59)14(3-4-20(49)50)40-32(60)15(5-21(51)52)39-19(48)6-37-30(58)16(7-43)41-29(57)13(36)10-63-34-23(38-12(2)47)25(54)28(18(9-45)65-34)66-35-27(56)26(55)24(53)17(8-44)64-35/h11,13-18,22-28,34-35,43-46,53-56H,3-10,36H2,1-2H3,(H,37,58)(H,38,47)(H,39,48)(H,40,60)(H,41,57)(H,42,59)(H,49,50)(H,51,52)(H,61,62)/t11-,13+,14+,15+,16+,17-,18-,22+,23-,24+,25-,26+,27-,28+,34-,35+/m1/s1. The maximum atomic E-state index is 13.0. The Labute approximate surface area is 372 Å². The van der Waals surface area contributed by atoms with E-state index in [1.165, 1.54) is 0 Å². The Morgan fingerprint density at radius 3 is 1.82 bits per heavy atom. The van der Waals surface area contributed by atoms with E-state index in [1.807, 2.05) is 21.3 Å². The number of carbonyl (C=O) groups excluding carboxylic acids is 6. The van der Waals surface area contributed by atoms with Crippen LogP contribution in [0.4, 0.5) is 0 Å². The van der Waals surface area contributed by atoms with Crippen LogP contribution in [0.5, 0.6) is 0 Å². The molecule has 0 bridgehead atoms. The first-order valence-corrected chi connectivity index (χ1v) is 19.8. The molecule has 2 rings (SSSR count). The first kappa shape index (κ1) is 56.8. The van der Waals surface area contributed by atoms with Crippen LogP contribution >= 0.6 is 0 Å². The Bertz CT molecular complexity index is 1710. The Morgan fingerprint density at radius 2 is 1.29 bits per heavy atom. The lowest BCUT2D eigenvalue weighted by molar-refractivity contribution is -0.348. The van der Waals surface area contributed by atoms with E-state index in [-0.39, 0.29) is 0 Å². The van der Waals surface area contributed by atoms with Crippen LogP contribution in [0.1, 0.15) is 33.1 Å². The summed E-state index contributed by atoms with van der Waals surface area (Å²) in [7, 11) is 0. The summed E-state index contributed by atoms with van der Waals surface area (Å²) in [6.45, 7) is -2.62. The molecule has 0 aromatic carbocycles. The third-order valence-electron chi connectivity index (χ3n) is 9.73. The Hall–Kier alpha value is -5.29. The van der Waals surface area contributed by atoms with Gasteiger partial charge in [-0.2, -0.15) is 0 Å². The molecule has 31 nitrogen and oxygen atoms in total. The zero-order valence-corrected chi connectivity index (χ0v) is 35.2. The summed E-state index contributed by atoms with van der Waals surface area (Å²) in [4.78, 5) is 111. The number of amides is 6. The van der Waals surface area contributed by atoms with Crippen LogP contribution in [0.3, 0.4) is 0 Å². The summed E-state index contributed by atoms with van der Waals surface area (Å²) in [5.41, 5.74) is 5.90. The highest BCUT2D eigenvalue weighted by molar-refractivity contribution is 5.96. The van der Waals surface area contributed by atoms with E-state index in [0.717, 1.165) is 13.8 Å². The van der Waals surface area contributed by atoms with Gasteiger partial charge in [0.15, 0.2) is 18.6 Å². The number of rotatable bonds is 26. The maximum Gasteiger partial charge on any atom is 0.328 e. The zero-order valence-electron chi connectivity index (χ0n) is 35.2. The van der Waals surface area contributed by atoms with Gasteiger partial charge in [-0.1, -0.05) is 0 Å². The molecule has 6 amide bonds. The van der Waals surface area contributed by atoms with E-state index in [2.05, 4.69) is 10.6 Å². The van der Waals surface area contributed by atoms with E-state index in [0.29, 0.717) is 0 Å². The minimum absolute atomic E-state index is 0.654. The van der Waals surface area contributed by atoms with Crippen LogP contribution in [0.25, 0.3) is 0 Å². The first-order valence-electron chi connectivity index (χ1n) is 19.8. The van der Waals surface area contributed by atoms with Crippen LogP contribution in [-0.2, 0) is 62.1 Å². The van der Waals surface area contributed by atoms with Crippen molar-refractivity contribution < 1.29 is 118 Å². The highest BCUT2D eigenvalue weighted by atomic mass is 16.7. The summed E-state index contributed by atoms with van der Waals surface area (Å²) in [5.74, 6) is -11.9. The molecule has 0 spiro atoms. The number of aliphatic carboxylic acids is 3. The van der Waals surface area contributed by atoms with Crippen molar-refractivity contribution >= 4 is 53.4 Å². The Balaban J connectivity index is 2.06. The highest BCUT2D eigenvalue weighted by Gasteiger charge is 2.51. The van der Waals surface area contributed by atoms with E-state index in [9.17, 15) is 94.2 Å². The van der Waals surface area contributed by atoms with Gasteiger partial charge in [0.05, 0.1) is 45.5 Å². The molecule has 31 heteroatoms. The molecule has 2 aliphatic heterocycles. The first-order chi connectivity index (χ1) is 30.9. The number of nitrogens with two attached hydrogens (primary N) is 1. The lowest BCUT2D eigenvalue weighted by Gasteiger charge is -2.47. The molecular weight excluding hydrogens is 902 g/mol. The van der Waals surface area contributed by atoms with Crippen LogP contribution in [0, 0.1) is 0 Å². The molecule has 2 saturated heterocycles. The van der Waals surface area contributed by atoms with E-state index < -0.39 is 203 Å². The molecule has 376 valence electrons. The second kappa shape index (κ2) is 26.8. The number of carboxylic acids is 3. The number of aliphatic hydroxyl groups is 8. The van der Waals surface area contributed by atoms with Gasteiger partial charge in [-0.25, -0.2) is 4.79 Å². The van der Waals surface area contributed by atoms with Gasteiger partial charge < -0.3 is 113 Å². The number of carbonyl (C=O) groups is 9. The normalized spacial score (nSPS) is 27.9. The average molecular weight is 960 g/mol. The Morgan fingerprint density at radius 1 is 0.697 bits per heavy atom. The third kappa shape index (κ3) is 16.9. The summed E-state index contributed by atoms with van der Waals surface area (Å²) in [5, 5.41) is 121. The number of carboxylic acid groups (broad SMARTS) is 3. The monoisotopic (exact) mass is 959 g/mol. The van der Waals surface area contributed by atoms with Gasteiger partial charge in [0.25, 0.3) is 0 Å². The van der Waals surface area contributed by atoms with Crippen molar-refractivity contribution in [2.45, 2.75) is 131 Å². The SMILES string of the molecule is CC(=O)N[C@H]1[C@H](OC[C@H](N)C(=O)N[C@@H](CO)C(=O)NCC(=O)N[C@@H](CC(=O)O)C(=O)N[C@@H](CCC(=O)O)C(=O)N[C@H](C(=O)O)[C@@H](C)O)O[C@H](CO)[C@H](O[C@@H]2O[C@H](CO)[C@H](O)[C@H](O)[C@H]2O)[C@@H]1O. The summed E-state index contributed by atoms with van der Waals surface area (Å²) < 4.78 is 22.1. The van der Waals surface area contributed by atoms with Gasteiger partial charge in [-0.3, -0.25) is 38.4 Å². The molecule has 16 atom stereocenters. The van der Waals surface area contributed by atoms with Gasteiger partial charge in [-0.05, 0) is 13.3 Å². The molecule has 2 heterocycles. The van der Waals surface area contributed by atoms with Gasteiger partial charge in [0.2, 0.25) is 35.4 Å². The van der Waals surface area contributed by atoms with Crippen LogP contribution < -0.4 is 37.6 Å². The average Bonchev–Trinajstić information content (AvgIpc) is 3.24. The zero-order chi connectivity index (χ0) is 50.2. The van der Waals surface area contributed by atoms with Crippen LogP contribution in [0.15, 0.2) is 0 Å². The van der Waals surface area contributed by atoms with E-state index in [4.69, 9.17) is 29.8 Å². The van der Waals surface area contributed by atoms with Gasteiger partial charge in [0.1, 0.15) is 72.9 Å². The molecule has 2 fully saturated rings. The molecule has 19 N–H and O–H groups in total. The topological polar surface area (TPSA) is 511 Å². The second-order valence-corrected chi connectivity index (χ2v) is 14.9. The summed E-state index contributed by atoms with van der Waals surface area (Å²) in [6, 6.07) is -10.8. The Kier molecular flexibility index (Phi) is 23.0. The van der Waals surface area contributed by atoms with Crippen molar-refractivity contribution in [1.29, 1.82) is 0 Å². The smallest absolute Gasteiger partial charge is 0.328 e. The lowest BCUT2D eigenvalue weighted by atomic mass is 9.95. The fourth-order valence-corrected chi connectivity index (χ4v) is 6.22. The van der Waals surface area contributed by atoms with E-state index >= 15 is 0 Å². The van der Waals surface area contributed by atoms with Crippen molar-refractivity contribution in [2.24, 2.45) is 5.73 Å². The molecule has 2 aliphatic rings. The largest absolute Gasteiger partial charge is 0.481 e. The molecule has 0 aromatic rings. The van der Waals surface area contributed by atoms with Crippen molar-refractivity contribution in [1.82, 2.24) is 31.9 Å². The fraction of sp³-hybridized carbons (Fsp3) is 0.743. The van der Waals surface area contributed by atoms with Crippen molar-refractivity contribution in [3.8, 4) is 0 Å². The van der Waals surface area contributed by atoms with Gasteiger partial charge in [0, 0.05) is 13.3 Å². The van der Waals surface area contributed by atoms with Gasteiger partial charge in [-0.15, -0.1) is 0 Å². The molecule has 0 saturated carbocycles. The maximum absolute atomic E-state index is 13.0. The quantitative estimate of drug-likeness (QED) is 0.0383. The van der Waals surface area contributed by atoms with Crippen LogP contribution in [-0.4, -0.2) is 240 Å². The second-order valence-electron chi connectivity index (χ2n) is 14.9. The highest BCUT2D eigenvalue weighted by Crippen LogP contribution is 2.29. The number of hydrogen-bond donors (Lipinski definition) is 18. The van der Waals surface area contributed by atoms with Crippen LogP contribution in [0.2, 0.25) is 0 Å². The van der Waals surface area contributed by atoms with Gasteiger partial charge >= 0.3 is 17.9 Å². The van der Waals surface area contributed by atoms with Crippen molar-refractivity contribution in [3.63, 3.8) is 0 Å². The number of ether oxygens (including phenoxy) is 4. The fourth-order valence-electron chi connectivity index (χ4n) is 6.22. The predicted molar refractivity (Wildman–Crippen MR) is 208 cm³/mol. The van der Waals surface area contributed by atoms with Crippen molar-refractivity contribution in [3.05, 3.63) is 0 Å². The molecule has 66 heavy (non-hydrogen) atoms. The minimum atomic E-state index is -1.99. The van der Waals surface area contributed by atoms with E-state index in [1.54, 1.807) is 0 Å². The minimum Gasteiger partial charge on any atom is -0.481 e. The third-order valence-corrected chi connectivity index (χ3v) is 9.73. The molecule has 0 unspecified atom stereocenters. The number of aliphatic hydroxyl groups excluding tert-OH is 8. The predicted octanol–water partition coefficient (Wildman–Crippen LogP) is -11.0. The lowest BCUT2D eigenvalue weighted by Crippen LogP contribution is -2.67. The number of hydrogen-bond acceptors (Lipinski definition) is 22.